The molecule has 0 amide bonds. The molecule has 1 fully saturated rings. The van der Waals surface area contributed by atoms with Crippen LogP contribution in [0.3, 0.4) is 0 Å². The van der Waals surface area contributed by atoms with Crippen LogP contribution in [-0.2, 0) is 0 Å². The highest BCUT2D eigenvalue weighted by atomic mass is 19.1. The van der Waals surface area contributed by atoms with E-state index in [0.717, 1.165) is 31.6 Å². The second kappa shape index (κ2) is 7.70. The SMILES string of the molecule is CCCCCC1CCC(c2cc(F)c(C(=O)O)c(F)c2)CC1. The molecule has 0 radical (unpaired) electrons. The van der Waals surface area contributed by atoms with E-state index in [0.29, 0.717) is 5.56 Å². The lowest BCUT2D eigenvalue weighted by Crippen LogP contribution is -2.15. The van der Waals surface area contributed by atoms with Crippen LogP contribution in [0.1, 0.15) is 80.1 Å². The van der Waals surface area contributed by atoms with Gasteiger partial charge in [0.1, 0.15) is 17.2 Å². The molecular weight excluding hydrogens is 286 g/mol. The Morgan fingerprint density at radius 3 is 2.23 bits per heavy atom. The summed E-state index contributed by atoms with van der Waals surface area (Å²) in [5.41, 5.74) is -0.246. The van der Waals surface area contributed by atoms with Crippen LogP contribution in [0.25, 0.3) is 0 Å². The summed E-state index contributed by atoms with van der Waals surface area (Å²) in [5, 5.41) is 8.81. The van der Waals surface area contributed by atoms with Gasteiger partial charge in [0.2, 0.25) is 0 Å². The van der Waals surface area contributed by atoms with Crippen molar-refractivity contribution in [3.05, 3.63) is 34.9 Å². The number of carbonyl (C=O) groups is 1. The van der Waals surface area contributed by atoms with Crippen LogP contribution in [0.4, 0.5) is 8.78 Å². The number of carboxylic acid groups (broad SMARTS) is 1. The second-order valence-electron chi connectivity index (χ2n) is 6.38. The summed E-state index contributed by atoms with van der Waals surface area (Å²) in [4.78, 5) is 10.8. The maximum atomic E-state index is 13.8. The smallest absolute Gasteiger partial charge is 0.341 e. The third kappa shape index (κ3) is 4.05. The lowest BCUT2D eigenvalue weighted by atomic mass is 9.77. The molecular formula is C18H24F2O2. The number of benzene rings is 1. The zero-order valence-electron chi connectivity index (χ0n) is 13.1. The van der Waals surface area contributed by atoms with Gasteiger partial charge in [-0.15, -0.1) is 0 Å². The van der Waals surface area contributed by atoms with Crippen LogP contribution in [0.2, 0.25) is 0 Å². The normalized spacial score (nSPS) is 21.8. The third-order valence-corrected chi connectivity index (χ3v) is 4.81. The Bertz CT molecular complexity index is 497. The molecule has 2 nitrogen and oxygen atoms in total. The van der Waals surface area contributed by atoms with E-state index in [4.69, 9.17) is 5.11 Å². The maximum Gasteiger partial charge on any atom is 0.341 e. The molecule has 0 bridgehead atoms. The molecule has 0 aromatic heterocycles. The summed E-state index contributed by atoms with van der Waals surface area (Å²) in [7, 11) is 0. The van der Waals surface area contributed by atoms with Gasteiger partial charge in [-0.2, -0.15) is 0 Å². The zero-order valence-corrected chi connectivity index (χ0v) is 13.1. The highest BCUT2D eigenvalue weighted by Crippen LogP contribution is 2.38. The van der Waals surface area contributed by atoms with Crippen molar-refractivity contribution < 1.29 is 18.7 Å². The molecule has 1 aliphatic rings. The molecule has 2 rings (SSSR count). The van der Waals surface area contributed by atoms with Crippen molar-refractivity contribution in [2.45, 2.75) is 64.2 Å². The quantitative estimate of drug-likeness (QED) is 0.703. The van der Waals surface area contributed by atoms with Gasteiger partial charge in [0.05, 0.1) is 0 Å². The third-order valence-electron chi connectivity index (χ3n) is 4.81. The molecule has 122 valence electrons. The number of unbranched alkanes of at least 4 members (excludes halogenated alkanes) is 2. The van der Waals surface area contributed by atoms with Crippen molar-refractivity contribution in [3.63, 3.8) is 0 Å². The van der Waals surface area contributed by atoms with E-state index in [1.54, 1.807) is 0 Å². The van der Waals surface area contributed by atoms with Crippen molar-refractivity contribution in [2.24, 2.45) is 5.92 Å². The van der Waals surface area contributed by atoms with Crippen molar-refractivity contribution in [1.82, 2.24) is 0 Å². The fraction of sp³-hybridized carbons (Fsp3) is 0.611. The maximum absolute atomic E-state index is 13.8. The van der Waals surface area contributed by atoms with E-state index in [-0.39, 0.29) is 5.92 Å². The summed E-state index contributed by atoms with van der Waals surface area (Å²) in [6.45, 7) is 2.20. The first-order valence-electron chi connectivity index (χ1n) is 8.25. The Kier molecular flexibility index (Phi) is 5.92. The number of aromatic carboxylic acids is 1. The fourth-order valence-corrected chi connectivity index (χ4v) is 3.50. The molecule has 1 N–H and O–H groups in total. The lowest BCUT2D eigenvalue weighted by Gasteiger charge is -2.29. The molecule has 0 unspecified atom stereocenters. The Morgan fingerprint density at radius 2 is 1.73 bits per heavy atom. The van der Waals surface area contributed by atoms with E-state index >= 15 is 0 Å². The van der Waals surface area contributed by atoms with Gasteiger partial charge in [-0.3, -0.25) is 0 Å². The molecule has 1 aromatic rings. The van der Waals surface area contributed by atoms with E-state index < -0.39 is 23.2 Å². The molecule has 0 spiro atoms. The molecule has 1 saturated carbocycles. The van der Waals surface area contributed by atoms with Crippen molar-refractivity contribution in [1.29, 1.82) is 0 Å². The predicted molar refractivity (Wildman–Crippen MR) is 82.2 cm³/mol. The van der Waals surface area contributed by atoms with Gasteiger partial charge in [0.15, 0.2) is 0 Å². The summed E-state index contributed by atoms with van der Waals surface area (Å²) >= 11 is 0. The minimum Gasteiger partial charge on any atom is -0.477 e. The second-order valence-corrected chi connectivity index (χ2v) is 6.38. The standard InChI is InChI=1S/C18H24F2O2/c1-2-3-4-5-12-6-8-13(9-7-12)14-10-15(19)17(18(21)22)16(20)11-14/h10-13H,2-9H2,1H3,(H,21,22). The molecule has 0 atom stereocenters. The van der Waals surface area contributed by atoms with Crippen LogP contribution < -0.4 is 0 Å². The lowest BCUT2D eigenvalue weighted by molar-refractivity contribution is 0.0686. The Balaban J connectivity index is 1.98. The van der Waals surface area contributed by atoms with Gasteiger partial charge in [-0.05, 0) is 55.2 Å². The van der Waals surface area contributed by atoms with E-state index in [1.807, 2.05) is 0 Å². The molecule has 0 heterocycles. The van der Waals surface area contributed by atoms with Crippen LogP contribution in [0.5, 0.6) is 0 Å². The van der Waals surface area contributed by atoms with Gasteiger partial charge in [0.25, 0.3) is 0 Å². The minimum absolute atomic E-state index is 0.147. The zero-order chi connectivity index (χ0) is 16.1. The number of hydrogen-bond acceptors (Lipinski definition) is 1. The van der Waals surface area contributed by atoms with Crippen molar-refractivity contribution >= 4 is 5.97 Å². The first kappa shape index (κ1) is 16.9. The molecule has 4 heteroatoms. The number of hydrogen-bond donors (Lipinski definition) is 1. The van der Waals surface area contributed by atoms with Crippen molar-refractivity contribution in [3.8, 4) is 0 Å². The van der Waals surface area contributed by atoms with E-state index in [1.165, 1.54) is 37.8 Å². The number of halogens is 2. The average Bonchev–Trinajstić information content (AvgIpc) is 2.47. The van der Waals surface area contributed by atoms with Crippen LogP contribution >= 0.6 is 0 Å². The topological polar surface area (TPSA) is 37.3 Å². The van der Waals surface area contributed by atoms with Gasteiger partial charge in [-0.1, -0.05) is 32.6 Å². The summed E-state index contributed by atoms with van der Waals surface area (Å²) in [6.07, 6.45) is 9.07. The van der Waals surface area contributed by atoms with Crippen LogP contribution in [0.15, 0.2) is 12.1 Å². The summed E-state index contributed by atoms with van der Waals surface area (Å²) in [5.74, 6) is -2.61. The predicted octanol–water partition coefficient (Wildman–Crippen LogP) is 5.52. The molecule has 22 heavy (non-hydrogen) atoms. The largest absolute Gasteiger partial charge is 0.477 e. The monoisotopic (exact) mass is 310 g/mol. The first-order valence-corrected chi connectivity index (χ1v) is 8.25. The highest BCUT2D eigenvalue weighted by molar-refractivity contribution is 5.88. The van der Waals surface area contributed by atoms with Crippen molar-refractivity contribution in [2.75, 3.05) is 0 Å². The fourth-order valence-electron chi connectivity index (χ4n) is 3.50. The van der Waals surface area contributed by atoms with E-state index in [9.17, 15) is 13.6 Å². The number of rotatable bonds is 6. The molecule has 1 aliphatic carbocycles. The Morgan fingerprint density at radius 1 is 1.14 bits per heavy atom. The molecule has 0 aliphatic heterocycles. The van der Waals surface area contributed by atoms with Crippen LogP contribution in [-0.4, -0.2) is 11.1 Å². The summed E-state index contributed by atoms with van der Waals surface area (Å²) in [6, 6.07) is 2.41. The Labute approximate surface area is 130 Å². The van der Waals surface area contributed by atoms with E-state index in [2.05, 4.69) is 6.92 Å². The summed E-state index contributed by atoms with van der Waals surface area (Å²) < 4.78 is 27.6. The Hall–Kier alpha value is -1.45. The van der Waals surface area contributed by atoms with Gasteiger partial charge in [0, 0.05) is 0 Å². The highest BCUT2D eigenvalue weighted by Gasteiger charge is 2.25. The molecule has 1 aromatic carbocycles. The number of carboxylic acids is 1. The van der Waals surface area contributed by atoms with Gasteiger partial charge < -0.3 is 5.11 Å². The molecule has 0 saturated heterocycles. The first-order chi connectivity index (χ1) is 10.5. The minimum atomic E-state index is -1.55. The van der Waals surface area contributed by atoms with Gasteiger partial charge in [-0.25, -0.2) is 13.6 Å². The van der Waals surface area contributed by atoms with Crippen LogP contribution in [0, 0.1) is 17.6 Å². The average molecular weight is 310 g/mol. The van der Waals surface area contributed by atoms with Gasteiger partial charge >= 0.3 is 5.97 Å².